The molecule has 0 aliphatic carbocycles. The van der Waals surface area contributed by atoms with E-state index in [1.807, 2.05) is 12.1 Å². The number of fused-ring (bicyclic) bond motifs is 1. The first-order valence-electron chi connectivity index (χ1n) is 8.28. The molecule has 2 aromatic heterocycles. The number of piperazine rings is 1. The average Bonchev–Trinajstić information content (AvgIpc) is 3.00. The van der Waals surface area contributed by atoms with Gasteiger partial charge in [-0.15, -0.1) is 0 Å². The number of rotatable bonds is 4. The maximum absolute atomic E-state index is 4.70. The third-order valence-corrected chi connectivity index (χ3v) is 4.51. The van der Waals surface area contributed by atoms with Crippen molar-refractivity contribution in [1.29, 1.82) is 0 Å². The summed E-state index contributed by atoms with van der Waals surface area (Å²) >= 11 is 0. The van der Waals surface area contributed by atoms with Crippen molar-refractivity contribution in [2.75, 3.05) is 26.2 Å². The Bertz CT molecular complexity index is 724. The summed E-state index contributed by atoms with van der Waals surface area (Å²) in [7, 11) is 0. The predicted octanol–water partition coefficient (Wildman–Crippen LogP) is 2.65. The molecular formula is C19H22N4. The van der Waals surface area contributed by atoms with Crippen LogP contribution in [0, 0.1) is 0 Å². The number of imidazole rings is 1. The van der Waals surface area contributed by atoms with E-state index in [9.17, 15) is 0 Å². The van der Waals surface area contributed by atoms with Crippen molar-refractivity contribution in [3.63, 3.8) is 0 Å². The lowest BCUT2D eigenvalue weighted by Crippen LogP contribution is -2.45. The van der Waals surface area contributed by atoms with Crippen LogP contribution in [0.4, 0.5) is 0 Å². The van der Waals surface area contributed by atoms with Gasteiger partial charge in [0.1, 0.15) is 5.65 Å². The van der Waals surface area contributed by atoms with Crippen LogP contribution >= 0.6 is 0 Å². The van der Waals surface area contributed by atoms with Crippen molar-refractivity contribution in [1.82, 2.24) is 19.2 Å². The molecule has 1 aliphatic rings. The summed E-state index contributed by atoms with van der Waals surface area (Å²) in [5.41, 5.74) is 3.60. The minimum Gasteiger partial charge on any atom is -0.307 e. The molecule has 0 atom stereocenters. The Balaban J connectivity index is 1.32. The topological polar surface area (TPSA) is 23.8 Å². The van der Waals surface area contributed by atoms with Crippen LogP contribution in [0.15, 0.2) is 60.9 Å². The Kier molecular flexibility index (Phi) is 4.09. The van der Waals surface area contributed by atoms with Crippen molar-refractivity contribution in [3.05, 3.63) is 72.2 Å². The molecule has 1 fully saturated rings. The van der Waals surface area contributed by atoms with Crippen LogP contribution in [0.1, 0.15) is 11.3 Å². The van der Waals surface area contributed by atoms with E-state index < -0.39 is 0 Å². The van der Waals surface area contributed by atoms with Crippen LogP contribution in [-0.2, 0) is 13.1 Å². The first-order chi connectivity index (χ1) is 11.4. The van der Waals surface area contributed by atoms with E-state index in [4.69, 9.17) is 4.98 Å². The van der Waals surface area contributed by atoms with E-state index in [0.29, 0.717) is 0 Å². The maximum Gasteiger partial charge on any atom is 0.137 e. The third kappa shape index (κ3) is 3.44. The highest BCUT2D eigenvalue weighted by Gasteiger charge is 2.17. The standard InChI is InChI=1S/C19H22N4/c1-2-6-17(7-3-1)14-21-10-12-22(13-11-21)15-18-16-23-9-5-4-8-19(23)20-18/h1-9,16H,10-15H2. The van der Waals surface area contributed by atoms with Gasteiger partial charge in [0.15, 0.2) is 0 Å². The summed E-state index contributed by atoms with van der Waals surface area (Å²) in [5, 5.41) is 0. The molecule has 4 heteroatoms. The van der Waals surface area contributed by atoms with E-state index >= 15 is 0 Å². The first kappa shape index (κ1) is 14.4. The van der Waals surface area contributed by atoms with Gasteiger partial charge in [-0.05, 0) is 17.7 Å². The van der Waals surface area contributed by atoms with Gasteiger partial charge in [0, 0.05) is 51.7 Å². The largest absolute Gasteiger partial charge is 0.307 e. The van der Waals surface area contributed by atoms with Crippen molar-refractivity contribution in [3.8, 4) is 0 Å². The summed E-state index contributed by atoms with van der Waals surface area (Å²) in [6, 6.07) is 16.9. The zero-order valence-electron chi connectivity index (χ0n) is 13.3. The van der Waals surface area contributed by atoms with Crippen LogP contribution in [0.5, 0.6) is 0 Å². The summed E-state index contributed by atoms with van der Waals surface area (Å²) in [6.45, 7) is 6.48. The smallest absolute Gasteiger partial charge is 0.137 e. The molecule has 0 unspecified atom stereocenters. The number of aromatic nitrogens is 2. The Labute approximate surface area is 137 Å². The number of benzene rings is 1. The summed E-state index contributed by atoms with van der Waals surface area (Å²) in [6.07, 6.45) is 4.20. The SMILES string of the molecule is c1ccc(CN2CCN(Cc3cn4ccccc4n3)CC2)cc1. The molecule has 1 saturated heterocycles. The highest BCUT2D eigenvalue weighted by atomic mass is 15.3. The molecule has 4 rings (SSSR count). The van der Waals surface area contributed by atoms with Crippen LogP contribution < -0.4 is 0 Å². The molecule has 4 nitrogen and oxygen atoms in total. The first-order valence-corrected chi connectivity index (χ1v) is 8.28. The van der Waals surface area contributed by atoms with E-state index in [-0.39, 0.29) is 0 Å². The second-order valence-corrected chi connectivity index (χ2v) is 6.24. The van der Waals surface area contributed by atoms with Gasteiger partial charge >= 0.3 is 0 Å². The second kappa shape index (κ2) is 6.52. The molecule has 118 valence electrons. The number of hydrogen-bond donors (Lipinski definition) is 0. The molecule has 0 spiro atoms. The fourth-order valence-electron chi connectivity index (χ4n) is 3.24. The molecule has 1 aromatic carbocycles. The number of hydrogen-bond acceptors (Lipinski definition) is 3. The number of pyridine rings is 1. The fraction of sp³-hybridized carbons (Fsp3) is 0.316. The van der Waals surface area contributed by atoms with Gasteiger partial charge in [0.2, 0.25) is 0 Å². The highest BCUT2D eigenvalue weighted by Crippen LogP contribution is 2.12. The van der Waals surface area contributed by atoms with E-state index in [2.05, 4.69) is 63.0 Å². The van der Waals surface area contributed by atoms with Crippen molar-refractivity contribution < 1.29 is 0 Å². The third-order valence-electron chi connectivity index (χ3n) is 4.51. The number of nitrogens with zero attached hydrogens (tertiary/aromatic N) is 4. The van der Waals surface area contributed by atoms with Gasteiger partial charge in [-0.25, -0.2) is 4.98 Å². The van der Waals surface area contributed by atoms with Gasteiger partial charge in [0.05, 0.1) is 5.69 Å². The van der Waals surface area contributed by atoms with Crippen molar-refractivity contribution in [2.45, 2.75) is 13.1 Å². The summed E-state index contributed by atoms with van der Waals surface area (Å²) < 4.78 is 2.10. The van der Waals surface area contributed by atoms with Gasteiger partial charge < -0.3 is 4.40 Å². The molecule has 0 bridgehead atoms. The second-order valence-electron chi connectivity index (χ2n) is 6.24. The molecule has 0 saturated carbocycles. The fourth-order valence-corrected chi connectivity index (χ4v) is 3.24. The molecule has 1 aliphatic heterocycles. The molecule has 3 aromatic rings. The quantitative estimate of drug-likeness (QED) is 0.740. The van der Waals surface area contributed by atoms with Gasteiger partial charge in [-0.1, -0.05) is 36.4 Å². The monoisotopic (exact) mass is 306 g/mol. The Morgan fingerprint density at radius 3 is 2.22 bits per heavy atom. The van der Waals surface area contributed by atoms with Crippen LogP contribution in [0.3, 0.4) is 0 Å². The Morgan fingerprint density at radius 1 is 0.783 bits per heavy atom. The average molecular weight is 306 g/mol. The zero-order chi connectivity index (χ0) is 15.5. The van der Waals surface area contributed by atoms with E-state index in [1.165, 1.54) is 5.56 Å². The van der Waals surface area contributed by atoms with E-state index in [1.54, 1.807) is 0 Å². The lowest BCUT2D eigenvalue weighted by molar-refractivity contribution is 0.121. The van der Waals surface area contributed by atoms with Crippen molar-refractivity contribution in [2.24, 2.45) is 0 Å². The molecule has 0 amide bonds. The summed E-state index contributed by atoms with van der Waals surface area (Å²) in [4.78, 5) is 9.74. The van der Waals surface area contributed by atoms with E-state index in [0.717, 1.165) is 50.6 Å². The van der Waals surface area contributed by atoms with Crippen LogP contribution in [0.2, 0.25) is 0 Å². The lowest BCUT2D eigenvalue weighted by atomic mass is 10.2. The van der Waals surface area contributed by atoms with Crippen molar-refractivity contribution >= 4 is 5.65 Å². The van der Waals surface area contributed by atoms with Crippen LogP contribution in [-0.4, -0.2) is 45.4 Å². The zero-order valence-corrected chi connectivity index (χ0v) is 13.3. The Morgan fingerprint density at radius 2 is 1.48 bits per heavy atom. The molecule has 3 heterocycles. The highest BCUT2D eigenvalue weighted by molar-refractivity contribution is 5.39. The normalized spacial score (nSPS) is 16.9. The van der Waals surface area contributed by atoms with Gasteiger partial charge in [-0.3, -0.25) is 9.80 Å². The molecule has 0 N–H and O–H groups in total. The Hall–Kier alpha value is -2.17. The minimum atomic E-state index is 0.945. The maximum atomic E-state index is 4.70. The predicted molar refractivity (Wildman–Crippen MR) is 92.2 cm³/mol. The van der Waals surface area contributed by atoms with Gasteiger partial charge in [0.25, 0.3) is 0 Å². The molecular weight excluding hydrogens is 284 g/mol. The minimum absolute atomic E-state index is 0.945. The van der Waals surface area contributed by atoms with Gasteiger partial charge in [-0.2, -0.15) is 0 Å². The molecule has 0 radical (unpaired) electrons. The lowest BCUT2D eigenvalue weighted by Gasteiger charge is -2.34. The van der Waals surface area contributed by atoms with Crippen LogP contribution in [0.25, 0.3) is 5.65 Å². The summed E-state index contributed by atoms with van der Waals surface area (Å²) in [5.74, 6) is 0. The molecule has 23 heavy (non-hydrogen) atoms.